The summed E-state index contributed by atoms with van der Waals surface area (Å²) in [7, 11) is 4.53. The van der Waals surface area contributed by atoms with E-state index in [-0.39, 0.29) is 5.95 Å². The summed E-state index contributed by atoms with van der Waals surface area (Å²) in [5, 5.41) is 0. The highest BCUT2D eigenvalue weighted by molar-refractivity contribution is 5.49. The van der Waals surface area contributed by atoms with Gasteiger partial charge in [-0.25, -0.2) is 9.36 Å². The quantitative estimate of drug-likeness (QED) is 0.843. The van der Waals surface area contributed by atoms with Crippen LogP contribution in [0.1, 0.15) is 5.69 Å². The lowest BCUT2D eigenvalue weighted by Crippen LogP contribution is -2.13. The Labute approximate surface area is 110 Å². The van der Waals surface area contributed by atoms with Crippen LogP contribution in [-0.4, -0.2) is 25.9 Å². The Morgan fingerprint density at radius 3 is 2.26 bits per heavy atom. The van der Waals surface area contributed by atoms with Crippen molar-refractivity contribution in [3.05, 3.63) is 34.4 Å². The number of nitrogens with zero attached hydrogens (tertiary/aromatic N) is 1. The first kappa shape index (κ1) is 13.1. The molecule has 0 aliphatic rings. The minimum absolute atomic E-state index is 0.194. The molecule has 19 heavy (non-hydrogen) atoms. The predicted octanol–water partition coefficient (Wildman–Crippen LogP) is 1.76. The molecule has 0 atom stereocenters. The summed E-state index contributed by atoms with van der Waals surface area (Å²) >= 11 is 0. The third-order valence-corrected chi connectivity index (χ3v) is 2.80. The molecular weight excluding hydrogens is 250 g/mol. The molecule has 6 nitrogen and oxygen atoms in total. The molecule has 6 heteroatoms. The van der Waals surface area contributed by atoms with E-state index in [1.54, 1.807) is 32.2 Å². The van der Waals surface area contributed by atoms with Gasteiger partial charge in [0.15, 0.2) is 11.5 Å². The topological polar surface area (TPSA) is 62.8 Å². The van der Waals surface area contributed by atoms with Crippen molar-refractivity contribution in [1.29, 1.82) is 0 Å². The summed E-state index contributed by atoms with van der Waals surface area (Å²) < 4.78 is 21.7. The van der Waals surface area contributed by atoms with Crippen molar-refractivity contribution >= 4 is 0 Å². The lowest BCUT2D eigenvalue weighted by atomic mass is 10.2. The molecular formula is C13H15NO5. The normalized spacial score (nSPS) is 10.3. The van der Waals surface area contributed by atoms with E-state index in [9.17, 15) is 4.79 Å². The summed E-state index contributed by atoms with van der Waals surface area (Å²) in [6.45, 7) is 1.74. The second-order valence-corrected chi connectivity index (χ2v) is 3.82. The average Bonchev–Trinajstić information content (AvgIpc) is 2.72. The maximum Gasteiger partial charge on any atom is 0.426 e. The van der Waals surface area contributed by atoms with Crippen LogP contribution in [0.4, 0.5) is 0 Å². The van der Waals surface area contributed by atoms with Crippen LogP contribution in [0.2, 0.25) is 0 Å². The van der Waals surface area contributed by atoms with E-state index in [1.807, 2.05) is 0 Å². The van der Waals surface area contributed by atoms with Crippen molar-refractivity contribution in [1.82, 2.24) is 4.57 Å². The summed E-state index contributed by atoms with van der Waals surface area (Å²) in [5.74, 6) is 0.806. The monoisotopic (exact) mass is 265 g/mol. The number of methoxy groups -OCH3 is 3. The van der Waals surface area contributed by atoms with Gasteiger partial charge in [0, 0.05) is 6.07 Å². The van der Waals surface area contributed by atoms with Gasteiger partial charge in [-0.05, 0) is 19.1 Å². The lowest BCUT2D eigenvalue weighted by molar-refractivity contribution is 0.292. The van der Waals surface area contributed by atoms with Crippen LogP contribution in [-0.2, 0) is 0 Å². The molecule has 0 N–H and O–H groups in total. The van der Waals surface area contributed by atoms with Crippen molar-refractivity contribution in [3.8, 4) is 23.1 Å². The van der Waals surface area contributed by atoms with Gasteiger partial charge in [-0.15, -0.1) is 0 Å². The third kappa shape index (κ3) is 2.16. The second-order valence-electron chi connectivity index (χ2n) is 3.82. The van der Waals surface area contributed by atoms with E-state index >= 15 is 0 Å². The second kappa shape index (κ2) is 5.09. The van der Waals surface area contributed by atoms with Crippen molar-refractivity contribution in [2.45, 2.75) is 6.92 Å². The fourth-order valence-electron chi connectivity index (χ4n) is 1.88. The molecule has 0 aliphatic heterocycles. The number of oxazole rings is 1. The Morgan fingerprint density at radius 2 is 1.74 bits per heavy atom. The number of hydrogen-bond donors (Lipinski definition) is 0. The van der Waals surface area contributed by atoms with E-state index in [4.69, 9.17) is 18.6 Å². The molecule has 1 heterocycles. The zero-order chi connectivity index (χ0) is 14.0. The molecule has 0 bridgehead atoms. The number of hydrogen-bond acceptors (Lipinski definition) is 5. The van der Waals surface area contributed by atoms with Gasteiger partial charge in [-0.3, -0.25) is 0 Å². The van der Waals surface area contributed by atoms with E-state index in [2.05, 4.69) is 0 Å². The summed E-state index contributed by atoms with van der Waals surface area (Å²) in [5.41, 5.74) is 1.20. The highest BCUT2D eigenvalue weighted by Gasteiger charge is 2.16. The van der Waals surface area contributed by atoms with Crippen molar-refractivity contribution < 1.29 is 18.6 Å². The fourth-order valence-corrected chi connectivity index (χ4v) is 1.88. The van der Waals surface area contributed by atoms with E-state index in [0.717, 1.165) is 0 Å². The molecule has 0 aliphatic carbocycles. The van der Waals surface area contributed by atoms with Gasteiger partial charge in [0.25, 0.3) is 0 Å². The Bertz CT molecular complexity index is 641. The van der Waals surface area contributed by atoms with Crippen LogP contribution in [0.5, 0.6) is 17.4 Å². The minimum Gasteiger partial charge on any atom is -0.493 e. The molecule has 0 spiro atoms. The van der Waals surface area contributed by atoms with Crippen molar-refractivity contribution in [2.24, 2.45) is 0 Å². The van der Waals surface area contributed by atoms with Gasteiger partial charge in [0.1, 0.15) is 5.69 Å². The van der Waals surface area contributed by atoms with Crippen LogP contribution in [0, 0.1) is 6.92 Å². The molecule has 2 rings (SSSR count). The molecule has 0 fully saturated rings. The molecule has 0 saturated heterocycles. The lowest BCUT2D eigenvalue weighted by Gasteiger charge is -2.10. The van der Waals surface area contributed by atoms with Crippen LogP contribution < -0.4 is 20.0 Å². The van der Waals surface area contributed by atoms with E-state index < -0.39 is 5.76 Å². The molecule has 1 aromatic heterocycles. The molecule has 0 amide bonds. The molecule has 1 aromatic carbocycles. The number of rotatable bonds is 4. The molecule has 0 radical (unpaired) electrons. The van der Waals surface area contributed by atoms with Gasteiger partial charge in [-0.2, -0.15) is 0 Å². The van der Waals surface area contributed by atoms with E-state index in [1.165, 1.54) is 18.8 Å². The maximum absolute atomic E-state index is 11.8. The number of benzene rings is 1. The van der Waals surface area contributed by atoms with Gasteiger partial charge in [0.2, 0.25) is 0 Å². The van der Waals surface area contributed by atoms with Crippen LogP contribution in [0.3, 0.4) is 0 Å². The van der Waals surface area contributed by atoms with Gasteiger partial charge in [-0.1, -0.05) is 0 Å². The fraction of sp³-hybridized carbons (Fsp3) is 0.308. The predicted molar refractivity (Wildman–Crippen MR) is 68.7 cm³/mol. The third-order valence-electron chi connectivity index (χ3n) is 2.80. The van der Waals surface area contributed by atoms with Crippen molar-refractivity contribution in [2.75, 3.05) is 21.3 Å². The smallest absolute Gasteiger partial charge is 0.426 e. The van der Waals surface area contributed by atoms with Crippen LogP contribution in [0.15, 0.2) is 27.4 Å². The number of aromatic nitrogens is 1. The minimum atomic E-state index is -0.512. The van der Waals surface area contributed by atoms with Gasteiger partial charge >= 0.3 is 11.7 Å². The Balaban J connectivity index is 2.59. The first-order valence-electron chi connectivity index (χ1n) is 5.61. The maximum atomic E-state index is 11.8. The summed E-state index contributed by atoms with van der Waals surface area (Å²) in [4.78, 5) is 11.8. The molecule has 102 valence electrons. The van der Waals surface area contributed by atoms with E-state index in [0.29, 0.717) is 22.9 Å². The summed E-state index contributed by atoms with van der Waals surface area (Å²) in [6.07, 6.45) is 0. The first-order chi connectivity index (χ1) is 9.12. The Hall–Kier alpha value is -2.37. The largest absolute Gasteiger partial charge is 0.493 e. The van der Waals surface area contributed by atoms with Crippen LogP contribution >= 0.6 is 0 Å². The summed E-state index contributed by atoms with van der Waals surface area (Å²) in [6, 6.07) is 5.16. The molecule has 0 saturated carbocycles. The standard InChI is InChI=1S/C13H15NO5/c1-8-12(18-4)19-13(15)14(8)9-5-6-10(16-2)11(7-9)17-3/h5-7H,1-4H3. The molecule has 0 unspecified atom stereocenters. The van der Waals surface area contributed by atoms with Crippen LogP contribution in [0.25, 0.3) is 5.69 Å². The highest BCUT2D eigenvalue weighted by atomic mass is 16.6. The molecule has 2 aromatic rings. The average molecular weight is 265 g/mol. The Morgan fingerprint density at radius 1 is 1.05 bits per heavy atom. The first-order valence-corrected chi connectivity index (χ1v) is 5.61. The zero-order valence-corrected chi connectivity index (χ0v) is 11.2. The zero-order valence-electron chi connectivity index (χ0n) is 11.2. The Kier molecular flexibility index (Phi) is 3.50. The number of ether oxygens (including phenoxy) is 3. The van der Waals surface area contributed by atoms with Crippen molar-refractivity contribution in [3.63, 3.8) is 0 Å². The highest BCUT2D eigenvalue weighted by Crippen LogP contribution is 2.30. The van der Waals surface area contributed by atoms with Gasteiger partial charge in [0.05, 0.1) is 27.0 Å². The SMILES string of the molecule is COc1ccc(-n2c(C)c(OC)oc2=O)cc1OC. The van der Waals surface area contributed by atoms with Gasteiger partial charge < -0.3 is 18.6 Å².